The summed E-state index contributed by atoms with van der Waals surface area (Å²) in [4.78, 5) is 0. The van der Waals surface area contributed by atoms with Gasteiger partial charge in [-0.05, 0) is 44.1 Å². The molecule has 0 aromatic rings. The van der Waals surface area contributed by atoms with Gasteiger partial charge in [0.1, 0.15) is 0 Å². The van der Waals surface area contributed by atoms with E-state index < -0.39 is 0 Å². The Kier molecular flexibility index (Phi) is 4.22. The maximum Gasteiger partial charge on any atom is 0.0509 e. The van der Waals surface area contributed by atoms with E-state index in [1.54, 1.807) is 0 Å². The molecule has 2 fully saturated rings. The first-order valence-electron chi connectivity index (χ1n) is 6.77. The molecule has 2 unspecified atom stereocenters. The third-order valence-corrected chi connectivity index (χ3v) is 4.57. The van der Waals surface area contributed by atoms with Gasteiger partial charge in [0.05, 0.1) is 6.61 Å². The van der Waals surface area contributed by atoms with Gasteiger partial charge < -0.3 is 15.8 Å². The average Bonchev–Trinajstić information content (AvgIpc) is 2.98. The summed E-state index contributed by atoms with van der Waals surface area (Å²) in [5.74, 6) is 0.705. The van der Waals surface area contributed by atoms with Crippen LogP contribution in [0, 0.1) is 11.3 Å². The van der Waals surface area contributed by atoms with Crippen LogP contribution < -0.4 is 11.1 Å². The van der Waals surface area contributed by atoms with Crippen molar-refractivity contribution in [3.8, 4) is 0 Å². The lowest BCUT2D eigenvalue weighted by Gasteiger charge is -2.30. The zero-order chi connectivity index (χ0) is 11.4. The summed E-state index contributed by atoms with van der Waals surface area (Å²) in [7, 11) is 0. The average molecular weight is 226 g/mol. The predicted octanol–water partition coefficient (Wildman–Crippen LogP) is 1.52. The Morgan fingerprint density at radius 2 is 2.19 bits per heavy atom. The van der Waals surface area contributed by atoms with Gasteiger partial charge in [0, 0.05) is 19.2 Å². The van der Waals surface area contributed by atoms with E-state index in [9.17, 15) is 0 Å². The van der Waals surface area contributed by atoms with Crippen molar-refractivity contribution in [2.24, 2.45) is 17.1 Å². The van der Waals surface area contributed by atoms with Gasteiger partial charge in [0.15, 0.2) is 0 Å². The molecule has 16 heavy (non-hydrogen) atoms. The summed E-state index contributed by atoms with van der Waals surface area (Å²) in [5, 5.41) is 3.70. The lowest BCUT2D eigenvalue weighted by molar-refractivity contribution is 0.174. The normalized spacial score (nSPS) is 30.8. The summed E-state index contributed by atoms with van der Waals surface area (Å²) in [6.45, 7) is 6.11. The smallest absolute Gasteiger partial charge is 0.0509 e. The van der Waals surface area contributed by atoms with Crippen LogP contribution in [0.3, 0.4) is 0 Å². The van der Waals surface area contributed by atoms with Crippen molar-refractivity contribution in [3.63, 3.8) is 0 Å². The Bertz CT molecular complexity index is 208. The van der Waals surface area contributed by atoms with E-state index in [0.717, 1.165) is 26.3 Å². The maximum absolute atomic E-state index is 5.94. The van der Waals surface area contributed by atoms with Crippen LogP contribution in [-0.2, 0) is 4.74 Å². The van der Waals surface area contributed by atoms with Crippen LogP contribution in [0.1, 0.15) is 39.0 Å². The molecule has 1 saturated heterocycles. The fraction of sp³-hybridized carbons (Fsp3) is 1.00. The van der Waals surface area contributed by atoms with Crippen LogP contribution >= 0.6 is 0 Å². The standard InChI is InChI=1S/C13H26N2O/c1-11(12-4-7-16-8-12)15-10-13(9-14)5-2-3-6-13/h11-12,15H,2-10,14H2,1H3. The maximum atomic E-state index is 5.94. The predicted molar refractivity (Wildman–Crippen MR) is 66.3 cm³/mol. The molecule has 3 nitrogen and oxygen atoms in total. The molecule has 0 amide bonds. The van der Waals surface area contributed by atoms with Gasteiger partial charge in [-0.2, -0.15) is 0 Å². The van der Waals surface area contributed by atoms with Crippen molar-refractivity contribution in [1.82, 2.24) is 5.32 Å². The fourth-order valence-electron chi connectivity index (χ4n) is 3.07. The van der Waals surface area contributed by atoms with Crippen LogP contribution in [0.15, 0.2) is 0 Å². The SMILES string of the molecule is CC(NCC1(CN)CCCC1)C1CCOC1. The van der Waals surface area contributed by atoms with Gasteiger partial charge in [-0.25, -0.2) is 0 Å². The second-order valence-electron chi connectivity index (χ2n) is 5.70. The second kappa shape index (κ2) is 5.48. The molecule has 2 aliphatic rings. The highest BCUT2D eigenvalue weighted by Gasteiger charge is 2.33. The number of rotatable bonds is 5. The highest BCUT2D eigenvalue weighted by Crippen LogP contribution is 2.36. The summed E-state index contributed by atoms with van der Waals surface area (Å²) in [6, 6.07) is 0.575. The third-order valence-electron chi connectivity index (χ3n) is 4.57. The molecule has 94 valence electrons. The minimum atomic E-state index is 0.397. The van der Waals surface area contributed by atoms with E-state index in [1.807, 2.05) is 0 Å². The van der Waals surface area contributed by atoms with Crippen molar-refractivity contribution in [2.45, 2.75) is 45.1 Å². The van der Waals surface area contributed by atoms with Crippen LogP contribution in [0.2, 0.25) is 0 Å². The largest absolute Gasteiger partial charge is 0.381 e. The molecular formula is C13H26N2O. The van der Waals surface area contributed by atoms with Crippen molar-refractivity contribution >= 4 is 0 Å². The minimum absolute atomic E-state index is 0.397. The number of ether oxygens (including phenoxy) is 1. The lowest BCUT2D eigenvalue weighted by Crippen LogP contribution is -2.44. The molecule has 0 radical (unpaired) electrons. The quantitative estimate of drug-likeness (QED) is 0.747. The molecular weight excluding hydrogens is 200 g/mol. The first-order chi connectivity index (χ1) is 7.76. The molecule has 0 spiro atoms. The molecule has 1 heterocycles. The van der Waals surface area contributed by atoms with E-state index >= 15 is 0 Å². The first-order valence-corrected chi connectivity index (χ1v) is 6.77. The van der Waals surface area contributed by atoms with Gasteiger partial charge in [-0.15, -0.1) is 0 Å². The van der Waals surface area contributed by atoms with Crippen LogP contribution in [-0.4, -0.2) is 32.3 Å². The molecule has 3 N–H and O–H groups in total. The molecule has 1 saturated carbocycles. The minimum Gasteiger partial charge on any atom is -0.381 e. The Morgan fingerprint density at radius 3 is 2.75 bits per heavy atom. The van der Waals surface area contributed by atoms with Crippen molar-refractivity contribution in [3.05, 3.63) is 0 Å². The number of nitrogens with one attached hydrogen (secondary N) is 1. The summed E-state index contributed by atoms with van der Waals surface area (Å²) in [6.07, 6.45) is 6.55. The molecule has 1 aliphatic carbocycles. The highest BCUT2D eigenvalue weighted by molar-refractivity contribution is 4.89. The van der Waals surface area contributed by atoms with Crippen LogP contribution in [0.5, 0.6) is 0 Å². The first kappa shape index (κ1) is 12.3. The molecule has 2 atom stereocenters. The van der Waals surface area contributed by atoms with Gasteiger partial charge in [0.2, 0.25) is 0 Å². The van der Waals surface area contributed by atoms with E-state index in [0.29, 0.717) is 17.4 Å². The van der Waals surface area contributed by atoms with Crippen molar-refractivity contribution in [2.75, 3.05) is 26.3 Å². The molecule has 3 heteroatoms. The van der Waals surface area contributed by atoms with Gasteiger partial charge in [0.25, 0.3) is 0 Å². The number of hydrogen-bond donors (Lipinski definition) is 2. The Balaban J connectivity index is 1.76. The Labute approximate surface area is 99.1 Å². The van der Waals surface area contributed by atoms with Crippen molar-refractivity contribution < 1.29 is 4.74 Å². The Morgan fingerprint density at radius 1 is 1.44 bits per heavy atom. The third kappa shape index (κ3) is 2.76. The topological polar surface area (TPSA) is 47.3 Å². The van der Waals surface area contributed by atoms with Gasteiger partial charge >= 0.3 is 0 Å². The molecule has 0 bridgehead atoms. The summed E-state index contributed by atoms with van der Waals surface area (Å²) >= 11 is 0. The van der Waals surface area contributed by atoms with E-state index in [1.165, 1.54) is 32.1 Å². The molecule has 1 aliphatic heterocycles. The summed E-state index contributed by atoms with van der Waals surface area (Å²) in [5.41, 5.74) is 6.34. The van der Waals surface area contributed by atoms with Gasteiger partial charge in [-0.1, -0.05) is 12.8 Å². The lowest BCUT2D eigenvalue weighted by atomic mass is 9.85. The Hall–Kier alpha value is -0.120. The molecule has 0 aromatic heterocycles. The molecule has 0 aromatic carbocycles. The zero-order valence-corrected chi connectivity index (χ0v) is 10.5. The number of nitrogens with two attached hydrogens (primary N) is 1. The zero-order valence-electron chi connectivity index (χ0n) is 10.5. The number of hydrogen-bond acceptors (Lipinski definition) is 3. The summed E-state index contributed by atoms with van der Waals surface area (Å²) < 4.78 is 5.44. The molecule has 2 rings (SSSR count). The van der Waals surface area contributed by atoms with Crippen LogP contribution in [0.25, 0.3) is 0 Å². The second-order valence-corrected chi connectivity index (χ2v) is 5.70. The highest BCUT2D eigenvalue weighted by atomic mass is 16.5. The fourth-order valence-corrected chi connectivity index (χ4v) is 3.07. The van der Waals surface area contributed by atoms with E-state index in [4.69, 9.17) is 10.5 Å². The van der Waals surface area contributed by atoms with Gasteiger partial charge in [-0.3, -0.25) is 0 Å². The van der Waals surface area contributed by atoms with E-state index in [2.05, 4.69) is 12.2 Å². The monoisotopic (exact) mass is 226 g/mol. The van der Waals surface area contributed by atoms with Crippen LogP contribution in [0.4, 0.5) is 0 Å². The van der Waals surface area contributed by atoms with Crippen molar-refractivity contribution in [1.29, 1.82) is 0 Å². The van der Waals surface area contributed by atoms with E-state index in [-0.39, 0.29) is 0 Å².